The molecular weight excluding hydrogens is 661 g/mol. The molecule has 0 aliphatic carbocycles. The van der Waals surface area contributed by atoms with E-state index in [1.54, 1.807) is 4.90 Å². The zero-order valence-electron chi connectivity index (χ0n) is 27.8. The van der Waals surface area contributed by atoms with Gasteiger partial charge in [0.15, 0.2) is 6.10 Å². The lowest BCUT2D eigenvalue weighted by molar-refractivity contribution is -0.142. The number of benzene rings is 2. The quantitative estimate of drug-likeness (QED) is 0.445. The smallest absolute Gasteiger partial charge is 0.417 e. The van der Waals surface area contributed by atoms with E-state index in [4.69, 9.17) is 16.3 Å². The molecular formula is C35H44ClF3N6O4. The zero-order valence-corrected chi connectivity index (χ0v) is 28.5. The highest BCUT2D eigenvalue weighted by atomic mass is 35.5. The second-order valence-electron chi connectivity index (χ2n) is 13.5. The summed E-state index contributed by atoms with van der Waals surface area (Å²) in [4.78, 5) is 50.3. The average molecular weight is 705 g/mol. The number of para-hydroxylation sites is 1. The highest BCUT2D eigenvalue weighted by molar-refractivity contribution is 6.31. The van der Waals surface area contributed by atoms with Crippen LogP contribution in [0.1, 0.15) is 42.4 Å². The van der Waals surface area contributed by atoms with Crippen molar-refractivity contribution in [3.8, 4) is 0 Å². The minimum Gasteiger partial charge on any atom is -0.436 e. The topological polar surface area (TPSA) is 88.7 Å². The molecule has 3 saturated heterocycles. The maximum atomic E-state index is 13.9. The van der Waals surface area contributed by atoms with Gasteiger partial charge in [0.2, 0.25) is 0 Å². The molecule has 1 N–H and O–H groups in total. The van der Waals surface area contributed by atoms with Gasteiger partial charge in [-0.1, -0.05) is 35.9 Å². The molecule has 4 heterocycles. The molecule has 0 saturated carbocycles. The van der Waals surface area contributed by atoms with Crippen LogP contribution in [0.25, 0.3) is 0 Å². The minimum atomic E-state index is -4.67. The molecule has 1 atom stereocenters. The number of likely N-dealkylation sites (N-methyl/N-ethyl adjacent to an activating group) is 1. The molecule has 266 valence electrons. The van der Waals surface area contributed by atoms with E-state index in [1.807, 2.05) is 29.2 Å². The predicted octanol–water partition coefficient (Wildman–Crippen LogP) is 5.20. The van der Waals surface area contributed by atoms with Crippen molar-refractivity contribution in [3.05, 3.63) is 64.2 Å². The lowest BCUT2D eigenvalue weighted by Crippen LogP contribution is -2.54. The van der Waals surface area contributed by atoms with Crippen molar-refractivity contribution >= 4 is 35.3 Å². The van der Waals surface area contributed by atoms with Gasteiger partial charge < -0.3 is 29.7 Å². The molecule has 0 aromatic heterocycles. The highest BCUT2D eigenvalue weighted by Crippen LogP contribution is 2.35. The van der Waals surface area contributed by atoms with Gasteiger partial charge in [-0.05, 0) is 68.5 Å². The summed E-state index contributed by atoms with van der Waals surface area (Å²) in [5.74, 6) is -0.413. The fourth-order valence-corrected chi connectivity index (χ4v) is 7.67. The summed E-state index contributed by atoms with van der Waals surface area (Å²) >= 11 is 5.86. The first-order valence-electron chi connectivity index (χ1n) is 17.1. The Balaban J connectivity index is 1.10. The van der Waals surface area contributed by atoms with Crippen molar-refractivity contribution in [2.24, 2.45) is 0 Å². The van der Waals surface area contributed by atoms with Crippen LogP contribution in [0.4, 0.5) is 28.4 Å². The van der Waals surface area contributed by atoms with Gasteiger partial charge in [0.05, 0.1) is 10.6 Å². The summed E-state index contributed by atoms with van der Waals surface area (Å²) in [6.45, 7) is 6.08. The Hall–Kier alpha value is -3.55. The number of nitrogens with zero attached hydrogens (tertiary/aromatic N) is 5. The molecule has 14 heteroatoms. The van der Waals surface area contributed by atoms with Crippen LogP contribution in [0.15, 0.2) is 42.5 Å². The van der Waals surface area contributed by atoms with Gasteiger partial charge in [-0.15, -0.1) is 0 Å². The molecule has 2 aromatic carbocycles. The Kier molecular flexibility index (Phi) is 10.9. The van der Waals surface area contributed by atoms with Crippen molar-refractivity contribution in [3.63, 3.8) is 0 Å². The van der Waals surface area contributed by atoms with Crippen molar-refractivity contribution in [1.82, 2.24) is 24.5 Å². The Morgan fingerprint density at radius 1 is 0.898 bits per heavy atom. The number of anilines is 1. The highest BCUT2D eigenvalue weighted by Gasteiger charge is 2.38. The van der Waals surface area contributed by atoms with Gasteiger partial charge in [0.25, 0.3) is 5.91 Å². The van der Waals surface area contributed by atoms with Gasteiger partial charge in [-0.25, -0.2) is 9.59 Å². The summed E-state index contributed by atoms with van der Waals surface area (Å²) in [7, 11) is 2.11. The van der Waals surface area contributed by atoms with E-state index in [2.05, 4.69) is 22.2 Å². The summed E-state index contributed by atoms with van der Waals surface area (Å²) in [6, 6.07) is 11.3. The monoisotopic (exact) mass is 704 g/mol. The first kappa shape index (κ1) is 35.3. The van der Waals surface area contributed by atoms with Crippen LogP contribution in [-0.4, -0.2) is 127 Å². The third-order valence-corrected chi connectivity index (χ3v) is 10.7. The van der Waals surface area contributed by atoms with E-state index in [0.29, 0.717) is 58.0 Å². The number of ether oxygens (including phenoxy) is 1. The fourth-order valence-electron chi connectivity index (χ4n) is 7.45. The molecule has 2 aromatic rings. The molecule has 4 aliphatic rings. The van der Waals surface area contributed by atoms with Crippen LogP contribution >= 0.6 is 11.6 Å². The molecule has 0 bridgehead atoms. The van der Waals surface area contributed by atoms with Crippen molar-refractivity contribution in [2.75, 3.05) is 71.3 Å². The Morgan fingerprint density at radius 2 is 1.55 bits per heavy atom. The maximum absolute atomic E-state index is 13.9. The first-order valence-corrected chi connectivity index (χ1v) is 17.5. The van der Waals surface area contributed by atoms with Crippen LogP contribution in [0.5, 0.6) is 0 Å². The number of piperazine rings is 1. The number of fused-ring (bicyclic) bond motifs is 1. The number of urea groups is 1. The molecule has 6 rings (SSSR count). The molecule has 0 spiro atoms. The number of alkyl halides is 3. The number of nitrogens with one attached hydrogen (secondary N) is 1. The van der Waals surface area contributed by atoms with E-state index in [-0.39, 0.29) is 24.1 Å². The average Bonchev–Trinajstić information content (AvgIpc) is 3.26. The second-order valence-corrected chi connectivity index (χ2v) is 13.9. The van der Waals surface area contributed by atoms with Crippen molar-refractivity contribution in [2.45, 2.75) is 62.9 Å². The van der Waals surface area contributed by atoms with Gasteiger partial charge >= 0.3 is 18.3 Å². The molecule has 10 nitrogen and oxygen atoms in total. The molecule has 49 heavy (non-hydrogen) atoms. The lowest BCUT2D eigenvalue weighted by atomic mass is 10.00. The van der Waals surface area contributed by atoms with Crippen molar-refractivity contribution in [1.29, 1.82) is 0 Å². The number of piperidine rings is 2. The number of carbonyl (C=O) groups is 3. The molecule has 4 aliphatic heterocycles. The number of hydrogen-bond acceptors (Lipinski definition) is 6. The standard InChI is InChI=1S/C35H44ClF3N6O4/c1-41-18-20-42(21-19-41)26-9-13-43(14-10-26)32(46)31(23-24-6-7-29(36)28(22-24)35(37,38)39)49-34(48)44-15-11-27(12-16-44)45-17-8-25-4-2-3-5-30(25)40-33(45)47/h2-7,22,26-27,31H,8-21,23H2,1H3,(H,40,47)/t31-/m1/s1. The third-order valence-electron chi connectivity index (χ3n) is 10.4. The number of hydrogen-bond donors (Lipinski definition) is 1. The number of rotatable bonds is 6. The second kappa shape index (κ2) is 15.1. The molecule has 3 fully saturated rings. The SMILES string of the molecule is CN1CCN(C2CCN(C(=O)[C@@H](Cc3ccc(Cl)c(C(F)(F)F)c3)OC(=O)N3CCC(N4CCc5ccccc5NC4=O)CC3)CC2)CC1. The number of carbonyl (C=O) groups excluding carboxylic acids is 3. The van der Waals surface area contributed by atoms with Crippen LogP contribution in [0.3, 0.4) is 0 Å². The van der Waals surface area contributed by atoms with Crippen LogP contribution in [0, 0.1) is 0 Å². The summed E-state index contributed by atoms with van der Waals surface area (Å²) in [5, 5.41) is 2.55. The normalized spacial score (nSPS) is 21.2. The van der Waals surface area contributed by atoms with E-state index >= 15 is 0 Å². The molecule has 0 unspecified atom stereocenters. The van der Waals surface area contributed by atoms with E-state index in [1.165, 1.54) is 11.0 Å². The van der Waals surface area contributed by atoms with Gasteiger partial charge in [0, 0.05) is 83.1 Å². The predicted molar refractivity (Wildman–Crippen MR) is 180 cm³/mol. The lowest BCUT2D eigenvalue weighted by Gasteiger charge is -2.42. The molecule has 0 radical (unpaired) electrons. The fraction of sp³-hybridized carbons (Fsp3) is 0.571. The first-order chi connectivity index (χ1) is 23.5. The summed E-state index contributed by atoms with van der Waals surface area (Å²) in [5.41, 5.74) is 1.07. The third kappa shape index (κ3) is 8.43. The number of halogens is 4. The van der Waals surface area contributed by atoms with E-state index in [0.717, 1.165) is 62.4 Å². The van der Waals surface area contributed by atoms with Gasteiger partial charge in [-0.2, -0.15) is 13.2 Å². The Bertz CT molecular complexity index is 1500. The molecule has 4 amide bonds. The van der Waals surface area contributed by atoms with E-state index in [9.17, 15) is 27.6 Å². The summed E-state index contributed by atoms with van der Waals surface area (Å²) in [6.07, 6.45) is -3.55. The minimum absolute atomic E-state index is 0.0766. The van der Waals surface area contributed by atoms with Crippen LogP contribution < -0.4 is 5.32 Å². The number of amides is 4. The van der Waals surface area contributed by atoms with Gasteiger partial charge in [-0.3, -0.25) is 9.69 Å². The Labute approximate surface area is 290 Å². The van der Waals surface area contributed by atoms with Crippen molar-refractivity contribution < 1.29 is 32.3 Å². The van der Waals surface area contributed by atoms with Gasteiger partial charge in [0.1, 0.15) is 0 Å². The maximum Gasteiger partial charge on any atom is 0.417 e. The van der Waals surface area contributed by atoms with E-state index < -0.39 is 34.9 Å². The number of likely N-dealkylation sites (tertiary alicyclic amines) is 2. The Morgan fingerprint density at radius 3 is 2.24 bits per heavy atom. The van der Waals surface area contributed by atoms with Crippen LogP contribution in [0.2, 0.25) is 5.02 Å². The summed E-state index contributed by atoms with van der Waals surface area (Å²) < 4.78 is 46.9. The zero-order chi connectivity index (χ0) is 34.7. The van der Waals surface area contributed by atoms with Crippen LogP contribution in [-0.2, 0) is 28.5 Å². The largest absolute Gasteiger partial charge is 0.436 e.